The molecule has 0 radical (unpaired) electrons. The van der Waals surface area contributed by atoms with Crippen molar-refractivity contribution in [3.63, 3.8) is 0 Å². The first kappa shape index (κ1) is 23.2. The minimum Gasteiger partial charge on any atom is -0.477 e. The number of hydrogen-bond donors (Lipinski definition) is 2. The fourth-order valence-corrected chi connectivity index (χ4v) is 2.58. The van der Waals surface area contributed by atoms with Crippen LogP contribution in [0.15, 0.2) is 47.6 Å². The van der Waals surface area contributed by atoms with Gasteiger partial charge in [0.1, 0.15) is 0 Å². The molecule has 0 saturated heterocycles. The number of nitrogens with zero attached hydrogens (tertiary/aromatic N) is 2. The summed E-state index contributed by atoms with van der Waals surface area (Å²) in [5, 5.41) is 6.16. The monoisotopic (exact) mass is 520 g/mol. The predicted octanol–water partition coefficient (Wildman–Crippen LogP) is 4.37. The summed E-state index contributed by atoms with van der Waals surface area (Å²) >= 11 is 0. The van der Waals surface area contributed by atoms with Gasteiger partial charge < -0.3 is 15.4 Å². The SMILES string of the molecule is CN=C(NCc1cccc(C(F)(F)F)c1)NCc1ccnc(OCC2CC2)c1.I. The molecule has 1 aliphatic rings. The third kappa shape index (κ3) is 7.71. The highest BCUT2D eigenvalue weighted by Gasteiger charge is 2.30. The van der Waals surface area contributed by atoms with Gasteiger partial charge in [-0.05, 0) is 48.1 Å². The lowest BCUT2D eigenvalue weighted by Gasteiger charge is -2.13. The average molecular weight is 520 g/mol. The Bertz CT molecular complexity index is 825. The zero-order valence-electron chi connectivity index (χ0n) is 16.0. The first-order valence-electron chi connectivity index (χ1n) is 9.12. The third-order valence-corrected chi connectivity index (χ3v) is 4.36. The van der Waals surface area contributed by atoms with Crippen LogP contribution < -0.4 is 15.4 Å². The molecular formula is C20H24F3IN4O. The molecule has 9 heteroatoms. The number of rotatable bonds is 7. The minimum absolute atomic E-state index is 0. The molecule has 2 aromatic rings. The third-order valence-electron chi connectivity index (χ3n) is 4.36. The second-order valence-corrected chi connectivity index (χ2v) is 6.73. The van der Waals surface area contributed by atoms with Crippen LogP contribution in [0, 0.1) is 5.92 Å². The van der Waals surface area contributed by atoms with Crippen LogP contribution >= 0.6 is 24.0 Å². The summed E-state index contributed by atoms with van der Waals surface area (Å²) in [6, 6.07) is 8.97. The van der Waals surface area contributed by atoms with E-state index in [-0.39, 0.29) is 30.5 Å². The van der Waals surface area contributed by atoms with Crippen molar-refractivity contribution in [1.29, 1.82) is 0 Å². The number of guanidine groups is 1. The Kier molecular flexibility index (Phi) is 8.54. The van der Waals surface area contributed by atoms with Crippen LogP contribution in [0.4, 0.5) is 13.2 Å². The molecule has 0 amide bonds. The van der Waals surface area contributed by atoms with Crippen molar-refractivity contribution in [1.82, 2.24) is 15.6 Å². The van der Waals surface area contributed by atoms with E-state index >= 15 is 0 Å². The zero-order chi connectivity index (χ0) is 20.0. The number of ether oxygens (including phenoxy) is 1. The number of benzene rings is 1. The van der Waals surface area contributed by atoms with Gasteiger partial charge in [0, 0.05) is 32.4 Å². The van der Waals surface area contributed by atoms with Gasteiger partial charge in [0.15, 0.2) is 5.96 Å². The van der Waals surface area contributed by atoms with Crippen molar-refractivity contribution >= 4 is 29.9 Å². The second-order valence-electron chi connectivity index (χ2n) is 6.73. The summed E-state index contributed by atoms with van der Waals surface area (Å²) in [5.74, 6) is 1.75. The van der Waals surface area contributed by atoms with Gasteiger partial charge in [-0.25, -0.2) is 4.98 Å². The predicted molar refractivity (Wildman–Crippen MR) is 116 cm³/mol. The van der Waals surface area contributed by atoms with Crippen LogP contribution in [-0.4, -0.2) is 24.6 Å². The lowest BCUT2D eigenvalue weighted by atomic mass is 10.1. The number of aliphatic imine (C=N–C) groups is 1. The number of aromatic nitrogens is 1. The molecule has 0 bridgehead atoms. The van der Waals surface area contributed by atoms with E-state index < -0.39 is 11.7 Å². The normalized spacial score (nSPS) is 14.1. The van der Waals surface area contributed by atoms with E-state index in [1.807, 2.05) is 12.1 Å². The summed E-state index contributed by atoms with van der Waals surface area (Å²) in [7, 11) is 1.61. The molecule has 158 valence electrons. The van der Waals surface area contributed by atoms with Crippen LogP contribution in [0.2, 0.25) is 0 Å². The molecule has 1 aromatic carbocycles. The number of pyridine rings is 1. The van der Waals surface area contributed by atoms with Crippen molar-refractivity contribution < 1.29 is 17.9 Å². The van der Waals surface area contributed by atoms with Gasteiger partial charge in [0.25, 0.3) is 0 Å². The molecule has 0 aliphatic heterocycles. The van der Waals surface area contributed by atoms with Crippen LogP contribution in [0.5, 0.6) is 5.88 Å². The van der Waals surface area contributed by atoms with E-state index in [1.165, 1.54) is 18.9 Å². The summed E-state index contributed by atoms with van der Waals surface area (Å²) in [5.41, 5.74) is 0.838. The summed E-state index contributed by atoms with van der Waals surface area (Å²) in [6.07, 6.45) is -0.223. The molecule has 1 aliphatic carbocycles. The summed E-state index contributed by atoms with van der Waals surface area (Å²) < 4.78 is 44.1. The maximum absolute atomic E-state index is 12.8. The highest BCUT2D eigenvalue weighted by molar-refractivity contribution is 14.0. The fraction of sp³-hybridized carbons (Fsp3) is 0.400. The molecule has 29 heavy (non-hydrogen) atoms. The Hall–Kier alpha value is -2.04. The van der Waals surface area contributed by atoms with E-state index in [2.05, 4.69) is 20.6 Å². The molecule has 0 unspecified atom stereocenters. The van der Waals surface area contributed by atoms with Crippen molar-refractivity contribution in [3.05, 3.63) is 59.3 Å². The topological polar surface area (TPSA) is 58.5 Å². The average Bonchev–Trinajstić information content (AvgIpc) is 3.51. The zero-order valence-corrected chi connectivity index (χ0v) is 18.3. The molecule has 3 rings (SSSR count). The Morgan fingerprint density at radius 3 is 2.45 bits per heavy atom. The van der Waals surface area contributed by atoms with E-state index in [0.29, 0.717) is 36.5 Å². The number of nitrogens with one attached hydrogen (secondary N) is 2. The van der Waals surface area contributed by atoms with Gasteiger partial charge in [-0.1, -0.05) is 12.1 Å². The van der Waals surface area contributed by atoms with Crippen LogP contribution in [0.3, 0.4) is 0 Å². The second kappa shape index (κ2) is 10.7. The minimum atomic E-state index is -4.35. The number of halogens is 4. The Balaban J connectivity index is 0.00000300. The highest BCUT2D eigenvalue weighted by Crippen LogP contribution is 2.30. The fourth-order valence-electron chi connectivity index (χ4n) is 2.58. The van der Waals surface area contributed by atoms with E-state index in [0.717, 1.165) is 17.7 Å². The van der Waals surface area contributed by atoms with Gasteiger partial charge in [0.2, 0.25) is 5.88 Å². The van der Waals surface area contributed by atoms with Gasteiger partial charge in [-0.3, -0.25) is 4.99 Å². The molecular weight excluding hydrogens is 496 g/mol. The Labute approximate surface area is 185 Å². The first-order chi connectivity index (χ1) is 13.4. The lowest BCUT2D eigenvalue weighted by molar-refractivity contribution is -0.137. The quantitative estimate of drug-likeness (QED) is 0.324. The smallest absolute Gasteiger partial charge is 0.416 e. The molecule has 0 spiro atoms. The van der Waals surface area contributed by atoms with Gasteiger partial charge in [-0.2, -0.15) is 13.2 Å². The molecule has 1 heterocycles. The van der Waals surface area contributed by atoms with Crippen molar-refractivity contribution in [2.75, 3.05) is 13.7 Å². The van der Waals surface area contributed by atoms with Crippen molar-refractivity contribution in [2.45, 2.75) is 32.1 Å². The Morgan fingerprint density at radius 2 is 1.83 bits per heavy atom. The van der Waals surface area contributed by atoms with Crippen molar-refractivity contribution in [3.8, 4) is 5.88 Å². The molecule has 2 N–H and O–H groups in total. The van der Waals surface area contributed by atoms with E-state index in [1.54, 1.807) is 19.3 Å². The first-order valence-corrected chi connectivity index (χ1v) is 9.12. The molecule has 1 aromatic heterocycles. The van der Waals surface area contributed by atoms with E-state index in [9.17, 15) is 13.2 Å². The van der Waals surface area contributed by atoms with Crippen LogP contribution in [-0.2, 0) is 19.3 Å². The maximum atomic E-state index is 12.8. The standard InChI is InChI=1S/C20H23F3N4O.HI/c1-24-19(26-11-15-3-2-4-17(9-15)20(21,22)23)27-12-16-7-8-25-18(10-16)28-13-14-5-6-14;/h2-4,7-10,14H,5-6,11-13H2,1H3,(H2,24,26,27);1H. The van der Waals surface area contributed by atoms with Crippen LogP contribution in [0.25, 0.3) is 0 Å². The lowest BCUT2D eigenvalue weighted by Crippen LogP contribution is -2.36. The number of alkyl halides is 3. The molecule has 1 saturated carbocycles. The molecule has 0 atom stereocenters. The molecule has 1 fully saturated rings. The summed E-state index contributed by atoms with van der Waals surface area (Å²) in [4.78, 5) is 8.31. The van der Waals surface area contributed by atoms with Crippen molar-refractivity contribution in [2.24, 2.45) is 10.9 Å². The highest BCUT2D eigenvalue weighted by atomic mass is 127. The van der Waals surface area contributed by atoms with Crippen LogP contribution in [0.1, 0.15) is 29.5 Å². The van der Waals surface area contributed by atoms with Gasteiger partial charge in [0.05, 0.1) is 12.2 Å². The largest absolute Gasteiger partial charge is 0.477 e. The van der Waals surface area contributed by atoms with Gasteiger partial charge in [-0.15, -0.1) is 24.0 Å². The molecule has 5 nitrogen and oxygen atoms in total. The summed E-state index contributed by atoms with van der Waals surface area (Å²) in [6.45, 7) is 1.42. The maximum Gasteiger partial charge on any atom is 0.416 e. The number of hydrogen-bond acceptors (Lipinski definition) is 3. The van der Waals surface area contributed by atoms with E-state index in [4.69, 9.17) is 4.74 Å². The van der Waals surface area contributed by atoms with Gasteiger partial charge >= 0.3 is 6.18 Å². The Morgan fingerprint density at radius 1 is 1.14 bits per heavy atom.